The number of nitrogens with two attached hydrogens (primary N) is 1. The highest BCUT2D eigenvalue weighted by atomic mass is 16.1. The van der Waals surface area contributed by atoms with Gasteiger partial charge in [0.05, 0.1) is 0 Å². The Morgan fingerprint density at radius 1 is 1.53 bits per heavy atom. The quantitative estimate of drug-likeness (QED) is 0.678. The average Bonchev–Trinajstić information content (AvgIpc) is 2.57. The Hall–Kier alpha value is -1.89. The van der Waals surface area contributed by atoms with Gasteiger partial charge in [-0.1, -0.05) is 0 Å². The first-order valence-corrected chi connectivity index (χ1v) is 5.45. The van der Waals surface area contributed by atoms with E-state index in [0.717, 1.165) is 18.9 Å². The van der Waals surface area contributed by atoms with Crippen molar-refractivity contribution < 1.29 is 0 Å². The van der Waals surface area contributed by atoms with Gasteiger partial charge in [-0.3, -0.25) is 0 Å². The third-order valence-electron chi connectivity index (χ3n) is 2.98. The smallest absolute Gasteiger partial charge is 0.349 e. The molecule has 17 heavy (non-hydrogen) atoms. The molecule has 1 fully saturated rings. The highest BCUT2D eigenvalue weighted by Gasteiger charge is 2.35. The third-order valence-corrected chi connectivity index (χ3v) is 2.98. The van der Waals surface area contributed by atoms with Gasteiger partial charge in [0.1, 0.15) is 11.6 Å². The van der Waals surface area contributed by atoms with E-state index < -0.39 is 0 Å². The first kappa shape index (κ1) is 10.3. The van der Waals surface area contributed by atoms with E-state index in [4.69, 9.17) is 5.73 Å². The molecule has 2 aromatic rings. The zero-order valence-electron chi connectivity index (χ0n) is 9.77. The molecule has 3 heterocycles. The summed E-state index contributed by atoms with van der Waals surface area (Å²) in [5, 5.41) is 6.35. The Morgan fingerprint density at radius 3 is 2.88 bits per heavy atom. The standard InChI is InChI=1S/C10H14N6O/c1-6-12-7(15-4-10(2,11)5-15)3-8-13-14-9(17)16(6)8/h3H,4-5,11H2,1-2H3,(H,14,17). The van der Waals surface area contributed by atoms with Crippen LogP contribution in [0, 0.1) is 6.92 Å². The Labute approximate surface area is 97.3 Å². The molecule has 90 valence electrons. The second-order valence-electron chi connectivity index (χ2n) is 4.89. The summed E-state index contributed by atoms with van der Waals surface area (Å²) in [5.41, 5.74) is 6.14. The molecule has 2 aromatic heterocycles. The summed E-state index contributed by atoms with van der Waals surface area (Å²) in [7, 11) is 0. The molecule has 7 nitrogen and oxygen atoms in total. The number of nitrogens with zero attached hydrogens (tertiary/aromatic N) is 4. The van der Waals surface area contributed by atoms with Gasteiger partial charge in [0.2, 0.25) is 0 Å². The molecule has 1 aliphatic heterocycles. The molecule has 0 aromatic carbocycles. The van der Waals surface area contributed by atoms with E-state index in [0.29, 0.717) is 11.5 Å². The maximum Gasteiger partial charge on any atom is 0.349 e. The molecule has 0 amide bonds. The van der Waals surface area contributed by atoms with Crippen LogP contribution in [-0.4, -0.2) is 38.2 Å². The lowest BCUT2D eigenvalue weighted by atomic mass is 9.94. The predicted octanol–water partition coefficient (Wildman–Crippen LogP) is -0.737. The highest BCUT2D eigenvalue weighted by molar-refractivity contribution is 5.53. The van der Waals surface area contributed by atoms with Crippen LogP contribution in [0.5, 0.6) is 0 Å². The van der Waals surface area contributed by atoms with Crippen molar-refractivity contribution >= 4 is 11.5 Å². The zero-order chi connectivity index (χ0) is 12.2. The maximum absolute atomic E-state index is 11.4. The van der Waals surface area contributed by atoms with Crippen LogP contribution >= 0.6 is 0 Å². The van der Waals surface area contributed by atoms with Crippen LogP contribution in [-0.2, 0) is 0 Å². The third kappa shape index (κ3) is 1.50. The molecule has 0 spiro atoms. The number of hydrogen-bond donors (Lipinski definition) is 2. The van der Waals surface area contributed by atoms with Gasteiger partial charge in [-0.2, -0.15) is 5.10 Å². The van der Waals surface area contributed by atoms with Crippen molar-refractivity contribution in [3.63, 3.8) is 0 Å². The van der Waals surface area contributed by atoms with Crippen LogP contribution in [0.4, 0.5) is 5.82 Å². The number of H-pyrrole nitrogens is 1. The minimum atomic E-state index is -0.260. The number of nitrogens with one attached hydrogen (secondary N) is 1. The predicted molar refractivity (Wildman–Crippen MR) is 63.2 cm³/mol. The number of rotatable bonds is 1. The van der Waals surface area contributed by atoms with Crippen molar-refractivity contribution in [2.75, 3.05) is 18.0 Å². The van der Waals surface area contributed by atoms with E-state index in [1.165, 1.54) is 4.40 Å². The maximum atomic E-state index is 11.4. The summed E-state index contributed by atoms with van der Waals surface area (Å²) in [5.74, 6) is 1.44. The zero-order valence-corrected chi connectivity index (χ0v) is 9.77. The fourth-order valence-corrected chi connectivity index (χ4v) is 2.23. The number of aromatic amines is 1. The molecule has 3 rings (SSSR count). The largest absolute Gasteiger partial charge is 0.353 e. The summed E-state index contributed by atoms with van der Waals surface area (Å²) < 4.78 is 1.45. The summed E-state index contributed by atoms with van der Waals surface area (Å²) >= 11 is 0. The monoisotopic (exact) mass is 234 g/mol. The lowest BCUT2D eigenvalue weighted by Crippen LogP contribution is -2.65. The van der Waals surface area contributed by atoms with Gasteiger partial charge in [-0.15, -0.1) is 0 Å². The minimum absolute atomic E-state index is 0.146. The molecule has 7 heteroatoms. The minimum Gasteiger partial charge on any atom is -0.353 e. The van der Waals surface area contributed by atoms with Gasteiger partial charge < -0.3 is 10.6 Å². The Kier molecular flexibility index (Phi) is 1.86. The molecule has 0 aliphatic carbocycles. The van der Waals surface area contributed by atoms with E-state index in [9.17, 15) is 4.79 Å². The molecule has 3 N–H and O–H groups in total. The molecular weight excluding hydrogens is 220 g/mol. The molecule has 0 unspecified atom stereocenters. The molecule has 0 radical (unpaired) electrons. The summed E-state index contributed by atoms with van der Waals surface area (Å²) in [6.45, 7) is 5.33. The summed E-state index contributed by atoms with van der Waals surface area (Å²) in [6.07, 6.45) is 0. The van der Waals surface area contributed by atoms with E-state index in [2.05, 4.69) is 20.1 Å². The van der Waals surface area contributed by atoms with Crippen molar-refractivity contribution in [3.8, 4) is 0 Å². The fraction of sp³-hybridized carbons (Fsp3) is 0.500. The second-order valence-corrected chi connectivity index (χ2v) is 4.89. The van der Waals surface area contributed by atoms with Gasteiger partial charge in [0.25, 0.3) is 0 Å². The van der Waals surface area contributed by atoms with Gasteiger partial charge in [0, 0.05) is 24.7 Å². The van der Waals surface area contributed by atoms with Crippen LogP contribution in [0.15, 0.2) is 10.9 Å². The van der Waals surface area contributed by atoms with Crippen molar-refractivity contribution in [2.45, 2.75) is 19.4 Å². The summed E-state index contributed by atoms with van der Waals surface area (Å²) in [4.78, 5) is 17.9. The van der Waals surface area contributed by atoms with Gasteiger partial charge >= 0.3 is 5.69 Å². The lowest BCUT2D eigenvalue weighted by molar-refractivity contribution is 0.362. The van der Waals surface area contributed by atoms with Crippen molar-refractivity contribution in [1.29, 1.82) is 0 Å². The molecule has 1 saturated heterocycles. The van der Waals surface area contributed by atoms with E-state index >= 15 is 0 Å². The molecule has 0 atom stereocenters. The Bertz CT molecular complexity index is 632. The van der Waals surface area contributed by atoms with Crippen LogP contribution < -0.4 is 16.3 Å². The second kappa shape index (κ2) is 3.07. The SMILES string of the molecule is Cc1nc(N2CC(C)(N)C2)cc2n[nH]c(=O)n12. The van der Waals surface area contributed by atoms with Gasteiger partial charge in [-0.25, -0.2) is 19.3 Å². The van der Waals surface area contributed by atoms with Crippen molar-refractivity contribution in [3.05, 3.63) is 22.4 Å². The number of anilines is 1. The van der Waals surface area contributed by atoms with Gasteiger partial charge in [-0.05, 0) is 13.8 Å². The van der Waals surface area contributed by atoms with Crippen LogP contribution in [0.1, 0.15) is 12.7 Å². The number of aryl methyl sites for hydroxylation is 1. The fourth-order valence-electron chi connectivity index (χ4n) is 2.23. The van der Waals surface area contributed by atoms with E-state index in [1.54, 1.807) is 13.0 Å². The molecule has 1 aliphatic rings. The number of fused-ring (bicyclic) bond motifs is 1. The molecule has 0 bridgehead atoms. The first-order valence-electron chi connectivity index (χ1n) is 5.45. The molecular formula is C10H14N6O. The topological polar surface area (TPSA) is 92.3 Å². The van der Waals surface area contributed by atoms with Crippen molar-refractivity contribution in [1.82, 2.24) is 19.6 Å². The number of aromatic nitrogens is 4. The lowest BCUT2D eigenvalue weighted by Gasteiger charge is -2.46. The van der Waals surface area contributed by atoms with Gasteiger partial charge in [0.15, 0.2) is 5.65 Å². The van der Waals surface area contributed by atoms with Crippen molar-refractivity contribution in [2.24, 2.45) is 5.73 Å². The normalized spacial score (nSPS) is 18.4. The first-order chi connectivity index (χ1) is 7.96. The van der Waals surface area contributed by atoms with E-state index in [-0.39, 0.29) is 11.2 Å². The van der Waals surface area contributed by atoms with E-state index in [1.807, 2.05) is 6.92 Å². The Balaban J connectivity index is 2.05. The van der Waals surface area contributed by atoms with Crippen LogP contribution in [0.2, 0.25) is 0 Å². The number of hydrogen-bond acceptors (Lipinski definition) is 5. The Morgan fingerprint density at radius 2 is 2.24 bits per heavy atom. The summed E-state index contributed by atoms with van der Waals surface area (Å²) in [6, 6.07) is 1.79. The highest BCUT2D eigenvalue weighted by Crippen LogP contribution is 2.24. The van der Waals surface area contributed by atoms with Crippen LogP contribution in [0.3, 0.4) is 0 Å². The molecule has 0 saturated carbocycles. The van der Waals surface area contributed by atoms with Crippen LogP contribution in [0.25, 0.3) is 5.65 Å². The average molecular weight is 234 g/mol.